The second-order valence-corrected chi connectivity index (χ2v) is 4.49. The molecule has 1 aromatic heterocycles. The van der Waals surface area contributed by atoms with E-state index in [0.717, 1.165) is 16.6 Å². The minimum atomic E-state index is 0.262. The molecular formula is C8H12N2OS2. The van der Waals surface area contributed by atoms with Crippen molar-refractivity contribution in [3.8, 4) is 0 Å². The van der Waals surface area contributed by atoms with Gasteiger partial charge in [-0.15, -0.1) is 0 Å². The molecule has 1 rings (SSSR count). The second kappa shape index (κ2) is 5.34. The van der Waals surface area contributed by atoms with Crippen LogP contribution in [-0.2, 0) is 11.2 Å². The number of aromatic nitrogens is 2. The van der Waals surface area contributed by atoms with Crippen molar-refractivity contribution < 1.29 is 4.79 Å². The van der Waals surface area contributed by atoms with Crippen LogP contribution in [0.25, 0.3) is 0 Å². The van der Waals surface area contributed by atoms with Gasteiger partial charge < -0.3 is 0 Å². The van der Waals surface area contributed by atoms with Crippen molar-refractivity contribution in [1.82, 2.24) is 9.36 Å². The standard InChI is InChI=1S/C8H12N2OS2/c1-3-6(11)5-12-8-9-7(4-2)10-13-8/h3-5H2,1-2H3. The molecule has 0 saturated carbocycles. The normalized spacial score (nSPS) is 10.3. The molecule has 0 radical (unpaired) electrons. The van der Waals surface area contributed by atoms with Gasteiger partial charge in [0.25, 0.3) is 0 Å². The molecule has 72 valence electrons. The van der Waals surface area contributed by atoms with Crippen LogP contribution in [0.5, 0.6) is 0 Å². The number of thioether (sulfide) groups is 1. The highest BCUT2D eigenvalue weighted by molar-refractivity contribution is 8.01. The lowest BCUT2D eigenvalue weighted by Gasteiger charge is -1.92. The minimum absolute atomic E-state index is 0.262. The highest BCUT2D eigenvalue weighted by Crippen LogP contribution is 2.20. The van der Waals surface area contributed by atoms with E-state index >= 15 is 0 Å². The van der Waals surface area contributed by atoms with E-state index in [0.29, 0.717) is 12.2 Å². The summed E-state index contributed by atoms with van der Waals surface area (Å²) in [7, 11) is 0. The molecule has 0 bridgehead atoms. The van der Waals surface area contributed by atoms with Crippen LogP contribution in [0.3, 0.4) is 0 Å². The number of hydrogen-bond donors (Lipinski definition) is 0. The number of hydrogen-bond acceptors (Lipinski definition) is 5. The van der Waals surface area contributed by atoms with E-state index in [9.17, 15) is 4.79 Å². The highest BCUT2D eigenvalue weighted by Gasteiger charge is 2.05. The summed E-state index contributed by atoms with van der Waals surface area (Å²) in [6.45, 7) is 3.90. The monoisotopic (exact) mass is 216 g/mol. The van der Waals surface area contributed by atoms with Crippen molar-refractivity contribution in [1.29, 1.82) is 0 Å². The van der Waals surface area contributed by atoms with Crippen molar-refractivity contribution in [3.63, 3.8) is 0 Å². The van der Waals surface area contributed by atoms with Crippen LogP contribution in [0.15, 0.2) is 4.34 Å². The maximum Gasteiger partial charge on any atom is 0.170 e. The van der Waals surface area contributed by atoms with Gasteiger partial charge in [0.1, 0.15) is 11.6 Å². The Bertz CT molecular complexity index is 285. The summed E-state index contributed by atoms with van der Waals surface area (Å²) < 4.78 is 5.04. The van der Waals surface area contributed by atoms with E-state index in [-0.39, 0.29) is 5.78 Å². The topological polar surface area (TPSA) is 42.9 Å². The maximum atomic E-state index is 11.0. The van der Waals surface area contributed by atoms with Crippen molar-refractivity contribution in [2.24, 2.45) is 0 Å². The van der Waals surface area contributed by atoms with Crippen LogP contribution in [0.2, 0.25) is 0 Å². The first-order chi connectivity index (χ1) is 6.26. The Labute approximate surface area is 86.1 Å². The van der Waals surface area contributed by atoms with E-state index in [1.807, 2.05) is 13.8 Å². The Kier molecular flexibility index (Phi) is 4.38. The van der Waals surface area contributed by atoms with Gasteiger partial charge in [0.15, 0.2) is 4.34 Å². The van der Waals surface area contributed by atoms with E-state index in [2.05, 4.69) is 9.36 Å². The Morgan fingerprint density at radius 1 is 1.54 bits per heavy atom. The van der Waals surface area contributed by atoms with Crippen molar-refractivity contribution in [2.45, 2.75) is 31.0 Å². The highest BCUT2D eigenvalue weighted by atomic mass is 32.2. The number of Topliss-reactive ketones (excluding diaryl/α,β-unsaturated/α-hetero) is 1. The summed E-state index contributed by atoms with van der Waals surface area (Å²) in [6.07, 6.45) is 1.46. The molecule has 0 atom stereocenters. The third-order valence-electron chi connectivity index (χ3n) is 1.52. The summed E-state index contributed by atoms with van der Waals surface area (Å²) in [5.41, 5.74) is 0. The summed E-state index contributed by atoms with van der Waals surface area (Å²) in [5, 5.41) is 0. The fraction of sp³-hybridized carbons (Fsp3) is 0.625. The molecule has 0 saturated heterocycles. The molecule has 0 spiro atoms. The number of carbonyl (C=O) groups excluding carboxylic acids is 1. The first-order valence-electron chi connectivity index (χ1n) is 4.23. The molecular weight excluding hydrogens is 204 g/mol. The number of nitrogens with zero attached hydrogens (tertiary/aromatic N) is 2. The molecule has 0 aliphatic carbocycles. The van der Waals surface area contributed by atoms with Gasteiger partial charge in [0.05, 0.1) is 5.75 Å². The van der Waals surface area contributed by atoms with Gasteiger partial charge in [-0.3, -0.25) is 4.79 Å². The van der Waals surface area contributed by atoms with Crippen LogP contribution in [0.4, 0.5) is 0 Å². The van der Waals surface area contributed by atoms with Gasteiger partial charge in [-0.1, -0.05) is 25.6 Å². The Morgan fingerprint density at radius 3 is 2.85 bits per heavy atom. The molecule has 5 heteroatoms. The summed E-state index contributed by atoms with van der Waals surface area (Å²) in [6, 6.07) is 0. The smallest absolute Gasteiger partial charge is 0.170 e. The first kappa shape index (κ1) is 10.7. The van der Waals surface area contributed by atoms with E-state index in [1.165, 1.54) is 23.3 Å². The SMILES string of the molecule is CCC(=O)CSc1nc(CC)ns1. The van der Waals surface area contributed by atoms with Crippen molar-refractivity contribution >= 4 is 29.1 Å². The van der Waals surface area contributed by atoms with Crippen LogP contribution in [0.1, 0.15) is 26.1 Å². The largest absolute Gasteiger partial charge is 0.299 e. The van der Waals surface area contributed by atoms with Crippen molar-refractivity contribution in [3.05, 3.63) is 5.82 Å². The summed E-state index contributed by atoms with van der Waals surface area (Å²) in [5.74, 6) is 1.66. The lowest BCUT2D eigenvalue weighted by molar-refractivity contribution is -0.116. The van der Waals surface area contributed by atoms with Gasteiger partial charge in [0.2, 0.25) is 0 Å². The average molecular weight is 216 g/mol. The molecule has 0 aromatic carbocycles. The molecule has 1 heterocycles. The van der Waals surface area contributed by atoms with Crippen LogP contribution in [-0.4, -0.2) is 20.9 Å². The number of ketones is 1. The molecule has 13 heavy (non-hydrogen) atoms. The average Bonchev–Trinajstić information content (AvgIpc) is 2.61. The van der Waals surface area contributed by atoms with Gasteiger partial charge in [0, 0.05) is 12.8 Å². The van der Waals surface area contributed by atoms with Crippen LogP contribution in [0, 0.1) is 0 Å². The van der Waals surface area contributed by atoms with Gasteiger partial charge in [-0.2, -0.15) is 4.37 Å². The molecule has 0 unspecified atom stereocenters. The van der Waals surface area contributed by atoms with E-state index < -0.39 is 0 Å². The van der Waals surface area contributed by atoms with E-state index in [1.54, 1.807) is 0 Å². The summed E-state index contributed by atoms with van der Waals surface area (Å²) in [4.78, 5) is 15.3. The minimum Gasteiger partial charge on any atom is -0.299 e. The third-order valence-corrected chi connectivity index (χ3v) is 3.45. The molecule has 0 aliphatic rings. The zero-order valence-electron chi connectivity index (χ0n) is 7.74. The van der Waals surface area contributed by atoms with Crippen LogP contribution >= 0.6 is 23.3 Å². The zero-order valence-corrected chi connectivity index (χ0v) is 9.37. The van der Waals surface area contributed by atoms with Crippen LogP contribution < -0.4 is 0 Å². The first-order valence-corrected chi connectivity index (χ1v) is 5.99. The fourth-order valence-corrected chi connectivity index (χ4v) is 2.34. The molecule has 0 N–H and O–H groups in total. The number of rotatable bonds is 5. The van der Waals surface area contributed by atoms with Gasteiger partial charge in [-0.05, 0) is 11.5 Å². The van der Waals surface area contributed by atoms with Gasteiger partial charge in [-0.25, -0.2) is 4.98 Å². The molecule has 3 nitrogen and oxygen atoms in total. The van der Waals surface area contributed by atoms with Crippen molar-refractivity contribution in [2.75, 3.05) is 5.75 Å². The lowest BCUT2D eigenvalue weighted by atomic mass is 10.4. The molecule has 1 aromatic rings. The Morgan fingerprint density at radius 2 is 2.31 bits per heavy atom. The summed E-state index contributed by atoms with van der Waals surface area (Å²) >= 11 is 2.86. The Hall–Kier alpha value is -0.420. The van der Waals surface area contributed by atoms with Gasteiger partial charge >= 0.3 is 0 Å². The lowest BCUT2D eigenvalue weighted by Crippen LogP contribution is -1.97. The fourth-order valence-electron chi connectivity index (χ4n) is 0.684. The zero-order chi connectivity index (χ0) is 9.68. The second-order valence-electron chi connectivity index (χ2n) is 2.51. The molecule has 0 aliphatic heterocycles. The quantitative estimate of drug-likeness (QED) is 0.707. The van der Waals surface area contributed by atoms with E-state index in [4.69, 9.17) is 0 Å². The third kappa shape index (κ3) is 3.44. The predicted octanol–water partition coefficient (Wildman–Crippen LogP) is 2.17. The predicted molar refractivity (Wildman–Crippen MR) is 55.3 cm³/mol. The number of aryl methyl sites for hydroxylation is 1. The molecule has 0 amide bonds. The number of carbonyl (C=O) groups is 1. The Balaban J connectivity index is 2.41. The maximum absolute atomic E-state index is 11.0. The molecule has 0 fully saturated rings.